The van der Waals surface area contributed by atoms with E-state index in [0.717, 1.165) is 5.56 Å². The summed E-state index contributed by atoms with van der Waals surface area (Å²) in [4.78, 5) is 22.9. The van der Waals surface area contributed by atoms with Gasteiger partial charge in [0.2, 0.25) is 5.91 Å². The number of benzene rings is 1. The third-order valence-corrected chi connectivity index (χ3v) is 2.72. The number of nitrogens with two attached hydrogens (primary N) is 1. The summed E-state index contributed by atoms with van der Waals surface area (Å²) < 4.78 is 4.54. The van der Waals surface area contributed by atoms with E-state index in [1.165, 1.54) is 7.11 Å². The molecule has 0 spiro atoms. The summed E-state index contributed by atoms with van der Waals surface area (Å²) in [6, 6.07) is 8.65. The molecule has 1 rings (SSSR count). The van der Waals surface area contributed by atoms with Crippen LogP contribution < -0.4 is 11.1 Å². The van der Waals surface area contributed by atoms with Crippen molar-refractivity contribution in [2.75, 3.05) is 7.11 Å². The first-order valence-corrected chi connectivity index (χ1v) is 6.19. The van der Waals surface area contributed by atoms with E-state index in [1.54, 1.807) is 6.92 Å². The minimum atomic E-state index is -0.623. The fourth-order valence-electron chi connectivity index (χ4n) is 1.69. The zero-order valence-electron chi connectivity index (χ0n) is 11.7. The molecule has 112 valence electrons. The van der Waals surface area contributed by atoms with E-state index in [2.05, 4.69) is 10.1 Å². The summed E-state index contributed by atoms with van der Waals surface area (Å²) in [6.07, 6.45) is 0.609. The molecule has 0 aliphatic carbocycles. The zero-order chi connectivity index (χ0) is 14.3. The van der Waals surface area contributed by atoms with Gasteiger partial charge in [0.15, 0.2) is 0 Å². The normalized spacial score (nSPS) is 12.8. The Morgan fingerprint density at radius 3 is 2.45 bits per heavy atom. The van der Waals surface area contributed by atoms with Gasteiger partial charge in [-0.25, -0.2) is 0 Å². The lowest BCUT2D eigenvalue weighted by molar-refractivity contribution is -0.141. The Labute approximate surface area is 125 Å². The van der Waals surface area contributed by atoms with Gasteiger partial charge in [0.05, 0.1) is 19.6 Å². The smallest absolute Gasteiger partial charge is 0.307 e. The molecule has 5 nitrogen and oxygen atoms in total. The number of carbonyl (C=O) groups is 2. The second-order valence-electron chi connectivity index (χ2n) is 4.49. The van der Waals surface area contributed by atoms with Crippen molar-refractivity contribution >= 4 is 24.3 Å². The number of rotatable bonds is 6. The first kappa shape index (κ1) is 18.4. The van der Waals surface area contributed by atoms with Gasteiger partial charge in [-0.05, 0) is 18.9 Å². The van der Waals surface area contributed by atoms with E-state index < -0.39 is 6.04 Å². The molecule has 1 aromatic carbocycles. The molecule has 0 bridgehead atoms. The van der Waals surface area contributed by atoms with Gasteiger partial charge < -0.3 is 15.8 Å². The quantitative estimate of drug-likeness (QED) is 0.769. The maximum absolute atomic E-state index is 11.8. The number of esters is 1. The minimum absolute atomic E-state index is 0. The number of halogens is 1. The monoisotopic (exact) mass is 300 g/mol. The van der Waals surface area contributed by atoms with Gasteiger partial charge in [0.1, 0.15) is 0 Å². The number of hydrogen-bond donors (Lipinski definition) is 2. The van der Waals surface area contributed by atoms with Crippen LogP contribution in [-0.2, 0) is 20.7 Å². The van der Waals surface area contributed by atoms with Crippen LogP contribution in [0.25, 0.3) is 0 Å². The van der Waals surface area contributed by atoms with Gasteiger partial charge in [0, 0.05) is 6.04 Å². The fourth-order valence-corrected chi connectivity index (χ4v) is 1.69. The van der Waals surface area contributed by atoms with Gasteiger partial charge in [-0.2, -0.15) is 0 Å². The third kappa shape index (κ3) is 6.54. The number of hydrogen-bond acceptors (Lipinski definition) is 4. The van der Waals surface area contributed by atoms with E-state index in [9.17, 15) is 9.59 Å². The second-order valence-corrected chi connectivity index (χ2v) is 4.49. The maximum Gasteiger partial charge on any atom is 0.307 e. The number of nitrogens with one attached hydrogen (secondary N) is 1. The molecular formula is C14H21ClN2O3. The Kier molecular flexibility index (Phi) is 8.59. The average Bonchev–Trinajstić information content (AvgIpc) is 2.39. The largest absolute Gasteiger partial charge is 0.469 e. The Hall–Kier alpha value is -1.59. The van der Waals surface area contributed by atoms with Crippen LogP contribution in [0.2, 0.25) is 0 Å². The lowest BCUT2D eigenvalue weighted by atomic mass is 10.1. The van der Waals surface area contributed by atoms with Crippen molar-refractivity contribution in [1.29, 1.82) is 0 Å². The van der Waals surface area contributed by atoms with E-state index in [4.69, 9.17) is 5.73 Å². The van der Waals surface area contributed by atoms with Gasteiger partial charge in [-0.1, -0.05) is 30.3 Å². The van der Waals surface area contributed by atoms with Crippen LogP contribution in [0.1, 0.15) is 18.9 Å². The van der Waals surface area contributed by atoms with E-state index in [1.807, 2.05) is 30.3 Å². The van der Waals surface area contributed by atoms with Crippen LogP contribution in [0.3, 0.4) is 0 Å². The van der Waals surface area contributed by atoms with Gasteiger partial charge >= 0.3 is 5.97 Å². The lowest BCUT2D eigenvalue weighted by Gasteiger charge is -2.16. The summed E-state index contributed by atoms with van der Waals surface area (Å²) >= 11 is 0. The number of ether oxygens (including phenoxy) is 1. The molecule has 0 aliphatic heterocycles. The highest BCUT2D eigenvalue weighted by Gasteiger charge is 2.17. The summed E-state index contributed by atoms with van der Waals surface area (Å²) in [6.45, 7) is 1.74. The van der Waals surface area contributed by atoms with Crippen molar-refractivity contribution in [2.24, 2.45) is 5.73 Å². The first-order chi connectivity index (χ1) is 9.02. The second kappa shape index (κ2) is 9.34. The molecule has 1 aromatic rings. The van der Waals surface area contributed by atoms with E-state index in [-0.39, 0.29) is 36.7 Å². The maximum atomic E-state index is 11.8. The molecule has 0 aromatic heterocycles. The Bertz CT molecular complexity index is 426. The van der Waals surface area contributed by atoms with Crippen LogP contribution in [0.5, 0.6) is 0 Å². The molecule has 6 heteroatoms. The molecule has 1 amide bonds. The standard InChI is InChI=1S/C14H20N2O3.ClH/c1-10(8-13(17)19-2)16-14(18)12(15)9-11-6-4-3-5-7-11;/h3-7,10,12H,8-9,15H2,1-2H3,(H,16,18);1H/t10?,12-;/m0./s1. The van der Waals surface area contributed by atoms with Crippen LogP contribution in [0.15, 0.2) is 30.3 Å². The summed E-state index contributed by atoms with van der Waals surface area (Å²) in [7, 11) is 1.32. The van der Waals surface area contributed by atoms with Crippen LogP contribution in [0.4, 0.5) is 0 Å². The van der Waals surface area contributed by atoms with E-state index in [0.29, 0.717) is 6.42 Å². The Morgan fingerprint density at radius 2 is 1.90 bits per heavy atom. The SMILES string of the molecule is COC(=O)CC(C)NC(=O)[C@@H](N)Cc1ccccc1.Cl. The molecule has 0 radical (unpaired) electrons. The molecule has 20 heavy (non-hydrogen) atoms. The average molecular weight is 301 g/mol. The molecule has 3 N–H and O–H groups in total. The Morgan fingerprint density at radius 1 is 1.30 bits per heavy atom. The van der Waals surface area contributed by atoms with Gasteiger partial charge in [-0.3, -0.25) is 9.59 Å². The van der Waals surface area contributed by atoms with Crippen molar-refractivity contribution in [3.8, 4) is 0 Å². The van der Waals surface area contributed by atoms with Crippen molar-refractivity contribution in [3.05, 3.63) is 35.9 Å². The summed E-state index contributed by atoms with van der Waals surface area (Å²) in [5, 5.41) is 2.70. The molecule has 0 saturated heterocycles. The van der Waals surface area contributed by atoms with Crippen molar-refractivity contribution in [3.63, 3.8) is 0 Å². The molecule has 0 heterocycles. The number of carbonyl (C=O) groups excluding carboxylic acids is 2. The van der Waals surface area contributed by atoms with Crippen molar-refractivity contribution in [1.82, 2.24) is 5.32 Å². The Balaban J connectivity index is 0.00000361. The summed E-state index contributed by atoms with van der Waals surface area (Å²) in [5.74, 6) is -0.621. The van der Waals surface area contributed by atoms with E-state index >= 15 is 0 Å². The third-order valence-electron chi connectivity index (χ3n) is 2.72. The molecule has 0 fully saturated rings. The van der Waals surface area contributed by atoms with Gasteiger partial charge in [0.25, 0.3) is 0 Å². The molecule has 0 aliphatic rings. The van der Waals surface area contributed by atoms with Crippen LogP contribution in [0, 0.1) is 0 Å². The predicted octanol–water partition coefficient (Wildman–Crippen LogP) is 1.05. The van der Waals surface area contributed by atoms with Crippen molar-refractivity contribution in [2.45, 2.75) is 31.8 Å². The lowest BCUT2D eigenvalue weighted by Crippen LogP contribution is -2.46. The van der Waals surface area contributed by atoms with Crippen LogP contribution in [-0.4, -0.2) is 31.1 Å². The number of amides is 1. The summed E-state index contributed by atoms with van der Waals surface area (Å²) in [5.41, 5.74) is 6.84. The number of methoxy groups -OCH3 is 1. The van der Waals surface area contributed by atoms with Crippen LogP contribution >= 0.6 is 12.4 Å². The fraction of sp³-hybridized carbons (Fsp3) is 0.429. The minimum Gasteiger partial charge on any atom is -0.469 e. The first-order valence-electron chi connectivity index (χ1n) is 6.19. The molecule has 2 atom stereocenters. The highest BCUT2D eigenvalue weighted by atomic mass is 35.5. The zero-order valence-corrected chi connectivity index (χ0v) is 12.5. The van der Waals surface area contributed by atoms with Crippen molar-refractivity contribution < 1.29 is 14.3 Å². The van der Waals surface area contributed by atoms with Gasteiger partial charge in [-0.15, -0.1) is 12.4 Å². The predicted molar refractivity (Wildman–Crippen MR) is 79.6 cm³/mol. The highest BCUT2D eigenvalue weighted by molar-refractivity contribution is 5.85. The molecule has 1 unspecified atom stereocenters. The highest BCUT2D eigenvalue weighted by Crippen LogP contribution is 2.02. The molecular weight excluding hydrogens is 280 g/mol. The topological polar surface area (TPSA) is 81.4 Å². The molecule has 0 saturated carbocycles.